The van der Waals surface area contributed by atoms with E-state index in [1.54, 1.807) is 11.9 Å². The van der Waals surface area contributed by atoms with Crippen molar-refractivity contribution in [1.29, 1.82) is 0 Å². The van der Waals surface area contributed by atoms with Crippen LogP contribution in [0.15, 0.2) is 24.3 Å². The van der Waals surface area contributed by atoms with Crippen LogP contribution in [-0.2, 0) is 11.3 Å². The van der Waals surface area contributed by atoms with Crippen LogP contribution >= 0.6 is 0 Å². The van der Waals surface area contributed by atoms with E-state index in [9.17, 15) is 4.79 Å². The molecule has 118 valence electrons. The number of hydrogen-bond acceptors (Lipinski definition) is 4. The first-order chi connectivity index (χ1) is 10.6. The number of ether oxygens (including phenoxy) is 2. The molecule has 3 aliphatic rings. The standard InChI is InChI=1S/C17H22N2O3/c1-18-10-17(22-16(18)20)11-19(12-17)8-14-4-2-3-5-15(14)21-9-13-6-7-13/h2-5,13H,6-12H2,1H3. The lowest BCUT2D eigenvalue weighted by atomic mass is 9.93. The number of hydrogen-bond donors (Lipinski definition) is 0. The fraction of sp³-hybridized carbons (Fsp3) is 0.588. The minimum absolute atomic E-state index is 0.201. The summed E-state index contributed by atoms with van der Waals surface area (Å²) < 4.78 is 11.5. The second-order valence-electron chi connectivity index (χ2n) is 6.91. The molecular formula is C17H22N2O3. The number of benzene rings is 1. The number of carbonyl (C=O) groups excluding carboxylic acids is 1. The molecule has 1 aromatic rings. The molecule has 1 saturated carbocycles. The molecule has 2 heterocycles. The Kier molecular flexibility index (Phi) is 3.26. The van der Waals surface area contributed by atoms with Gasteiger partial charge in [-0.2, -0.15) is 0 Å². The Bertz CT molecular complexity index is 579. The van der Waals surface area contributed by atoms with Gasteiger partial charge in [0.05, 0.1) is 13.2 Å². The summed E-state index contributed by atoms with van der Waals surface area (Å²) in [7, 11) is 1.79. The molecule has 0 unspecified atom stereocenters. The van der Waals surface area contributed by atoms with Crippen LogP contribution in [0.3, 0.4) is 0 Å². The Hall–Kier alpha value is -1.75. The third kappa shape index (κ3) is 2.65. The van der Waals surface area contributed by atoms with Crippen molar-refractivity contribution in [3.05, 3.63) is 29.8 Å². The molecule has 3 fully saturated rings. The number of para-hydroxylation sites is 1. The minimum atomic E-state index is -0.282. The van der Waals surface area contributed by atoms with Gasteiger partial charge < -0.3 is 14.4 Å². The first-order valence-corrected chi connectivity index (χ1v) is 8.01. The molecule has 1 amide bonds. The predicted octanol–water partition coefficient (Wildman–Crippen LogP) is 2.11. The smallest absolute Gasteiger partial charge is 0.410 e. The molecule has 2 saturated heterocycles. The molecule has 22 heavy (non-hydrogen) atoms. The molecule has 5 heteroatoms. The lowest BCUT2D eigenvalue weighted by Gasteiger charge is -2.45. The largest absolute Gasteiger partial charge is 0.493 e. The van der Waals surface area contributed by atoms with Gasteiger partial charge in [0.2, 0.25) is 0 Å². The average Bonchev–Trinajstić information content (AvgIpc) is 3.23. The van der Waals surface area contributed by atoms with Crippen molar-refractivity contribution >= 4 is 6.09 Å². The number of likely N-dealkylation sites (tertiary alicyclic amines) is 1. The third-order valence-corrected chi connectivity index (χ3v) is 4.70. The number of carbonyl (C=O) groups is 1. The minimum Gasteiger partial charge on any atom is -0.493 e. The van der Waals surface area contributed by atoms with E-state index in [1.807, 2.05) is 6.07 Å². The summed E-state index contributed by atoms with van der Waals surface area (Å²) in [5.74, 6) is 1.75. The molecular weight excluding hydrogens is 280 g/mol. The van der Waals surface area contributed by atoms with Gasteiger partial charge in [-0.15, -0.1) is 0 Å². The first kappa shape index (κ1) is 13.9. The van der Waals surface area contributed by atoms with Crippen LogP contribution in [-0.4, -0.2) is 54.8 Å². The van der Waals surface area contributed by atoms with Gasteiger partial charge in [-0.05, 0) is 24.8 Å². The summed E-state index contributed by atoms with van der Waals surface area (Å²) in [5, 5.41) is 0. The van der Waals surface area contributed by atoms with Crippen molar-refractivity contribution in [1.82, 2.24) is 9.80 Å². The predicted molar refractivity (Wildman–Crippen MR) is 81.8 cm³/mol. The molecule has 0 radical (unpaired) electrons. The summed E-state index contributed by atoms with van der Waals surface area (Å²) >= 11 is 0. The molecule has 1 spiro atoms. The monoisotopic (exact) mass is 302 g/mol. The lowest BCUT2D eigenvalue weighted by molar-refractivity contribution is -0.0775. The highest BCUT2D eigenvalue weighted by Gasteiger charge is 2.52. The Morgan fingerprint density at radius 2 is 2.05 bits per heavy atom. The third-order valence-electron chi connectivity index (χ3n) is 4.70. The zero-order chi connectivity index (χ0) is 15.2. The van der Waals surface area contributed by atoms with E-state index in [0.29, 0.717) is 6.54 Å². The van der Waals surface area contributed by atoms with Crippen molar-refractivity contribution < 1.29 is 14.3 Å². The number of nitrogens with zero attached hydrogens (tertiary/aromatic N) is 2. The number of amides is 1. The molecule has 5 nitrogen and oxygen atoms in total. The maximum Gasteiger partial charge on any atom is 0.410 e. The highest BCUT2D eigenvalue weighted by atomic mass is 16.6. The molecule has 0 bridgehead atoms. The van der Waals surface area contributed by atoms with Crippen LogP contribution < -0.4 is 4.74 Å². The van der Waals surface area contributed by atoms with Gasteiger partial charge in [-0.1, -0.05) is 18.2 Å². The molecule has 1 aliphatic carbocycles. The van der Waals surface area contributed by atoms with Crippen LogP contribution in [0.25, 0.3) is 0 Å². The van der Waals surface area contributed by atoms with E-state index in [0.717, 1.165) is 37.9 Å². The van der Waals surface area contributed by atoms with Crippen molar-refractivity contribution in [2.45, 2.75) is 25.0 Å². The van der Waals surface area contributed by atoms with Crippen LogP contribution in [0, 0.1) is 5.92 Å². The number of rotatable bonds is 5. The second kappa shape index (κ2) is 5.16. The van der Waals surface area contributed by atoms with Gasteiger partial charge in [0.1, 0.15) is 5.75 Å². The highest BCUT2D eigenvalue weighted by molar-refractivity contribution is 5.70. The van der Waals surface area contributed by atoms with Crippen molar-refractivity contribution in [2.24, 2.45) is 5.92 Å². The summed E-state index contributed by atoms with van der Waals surface area (Å²) in [6.45, 7) is 4.00. The second-order valence-corrected chi connectivity index (χ2v) is 6.91. The Labute approximate surface area is 130 Å². The number of likely N-dealkylation sites (N-methyl/N-ethyl adjacent to an activating group) is 1. The fourth-order valence-corrected chi connectivity index (χ4v) is 3.35. The Morgan fingerprint density at radius 3 is 2.73 bits per heavy atom. The van der Waals surface area contributed by atoms with Gasteiger partial charge in [0.25, 0.3) is 0 Å². The average molecular weight is 302 g/mol. The van der Waals surface area contributed by atoms with E-state index in [-0.39, 0.29) is 11.7 Å². The topological polar surface area (TPSA) is 42.0 Å². The van der Waals surface area contributed by atoms with Gasteiger partial charge in [0, 0.05) is 32.2 Å². The normalized spacial score (nSPS) is 23.5. The molecule has 2 aliphatic heterocycles. The molecule has 0 aromatic heterocycles. The Balaban J connectivity index is 1.35. The highest BCUT2D eigenvalue weighted by Crippen LogP contribution is 2.34. The van der Waals surface area contributed by atoms with Gasteiger partial charge >= 0.3 is 6.09 Å². The van der Waals surface area contributed by atoms with E-state index in [4.69, 9.17) is 9.47 Å². The van der Waals surface area contributed by atoms with Gasteiger partial charge in [-0.3, -0.25) is 4.90 Å². The van der Waals surface area contributed by atoms with Crippen molar-refractivity contribution in [3.8, 4) is 5.75 Å². The van der Waals surface area contributed by atoms with E-state index < -0.39 is 0 Å². The summed E-state index contributed by atoms with van der Waals surface area (Å²) in [6, 6.07) is 8.26. The van der Waals surface area contributed by atoms with Crippen molar-refractivity contribution in [3.63, 3.8) is 0 Å². The fourth-order valence-electron chi connectivity index (χ4n) is 3.35. The molecule has 1 aromatic carbocycles. The maximum atomic E-state index is 11.5. The molecule has 0 N–H and O–H groups in total. The maximum absolute atomic E-state index is 11.5. The van der Waals surface area contributed by atoms with Crippen LogP contribution in [0.1, 0.15) is 18.4 Å². The van der Waals surface area contributed by atoms with E-state index in [2.05, 4.69) is 23.1 Å². The zero-order valence-electron chi connectivity index (χ0n) is 13.0. The van der Waals surface area contributed by atoms with Crippen molar-refractivity contribution in [2.75, 3.05) is 33.3 Å². The summed E-state index contributed by atoms with van der Waals surface area (Å²) in [6.07, 6.45) is 2.40. The quantitative estimate of drug-likeness (QED) is 0.835. The van der Waals surface area contributed by atoms with E-state index >= 15 is 0 Å². The van der Waals surface area contributed by atoms with Crippen LogP contribution in [0.5, 0.6) is 5.75 Å². The lowest BCUT2D eigenvalue weighted by Crippen LogP contribution is -2.63. The summed E-state index contributed by atoms with van der Waals surface area (Å²) in [5.41, 5.74) is 0.936. The Morgan fingerprint density at radius 1 is 1.27 bits per heavy atom. The SMILES string of the molecule is CN1CC2(CN(Cc3ccccc3OCC3CC3)C2)OC1=O. The summed E-state index contributed by atoms with van der Waals surface area (Å²) in [4.78, 5) is 15.5. The van der Waals surface area contributed by atoms with Crippen LogP contribution in [0.2, 0.25) is 0 Å². The first-order valence-electron chi connectivity index (χ1n) is 8.01. The van der Waals surface area contributed by atoms with Gasteiger partial charge in [0.15, 0.2) is 5.60 Å². The van der Waals surface area contributed by atoms with Crippen LogP contribution in [0.4, 0.5) is 4.79 Å². The molecule has 4 rings (SSSR count). The zero-order valence-corrected chi connectivity index (χ0v) is 13.0. The van der Waals surface area contributed by atoms with E-state index in [1.165, 1.54) is 18.4 Å². The van der Waals surface area contributed by atoms with Gasteiger partial charge in [-0.25, -0.2) is 4.79 Å². The molecule has 0 atom stereocenters.